The van der Waals surface area contributed by atoms with Crippen LogP contribution in [0.15, 0.2) is 77.9 Å². The van der Waals surface area contributed by atoms with Crippen molar-refractivity contribution in [3.63, 3.8) is 0 Å². The maximum atomic E-state index is 12.7. The summed E-state index contributed by atoms with van der Waals surface area (Å²) in [5.41, 5.74) is 3.92. The quantitative estimate of drug-likeness (QED) is 0.265. The van der Waals surface area contributed by atoms with Crippen molar-refractivity contribution in [1.29, 1.82) is 0 Å². The molecule has 0 spiro atoms. The minimum atomic E-state index is -0.657. The molecular weight excluding hydrogens is 356 g/mol. The fourth-order valence-electron chi connectivity index (χ4n) is 3.15. The molecule has 0 amide bonds. The van der Waals surface area contributed by atoms with Crippen molar-refractivity contribution in [2.75, 3.05) is 0 Å². The number of ether oxygens (including phenoxy) is 1. The third-order valence-electron chi connectivity index (χ3n) is 4.95. The molecule has 0 saturated carbocycles. The summed E-state index contributed by atoms with van der Waals surface area (Å²) in [4.78, 5) is 12.7. The van der Waals surface area contributed by atoms with Crippen molar-refractivity contribution in [2.45, 2.75) is 78.7 Å². The Morgan fingerprint density at radius 3 is 2.00 bits per heavy atom. The van der Waals surface area contributed by atoms with Gasteiger partial charge in [0, 0.05) is 0 Å². The van der Waals surface area contributed by atoms with Crippen LogP contribution in [0.3, 0.4) is 0 Å². The van der Waals surface area contributed by atoms with Gasteiger partial charge in [-0.25, -0.2) is 4.79 Å². The maximum absolute atomic E-state index is 12.7. The smallest absolute Gasteiger partial charge is 0.338 e. The normalized spacial score (nSPS) is 13.2. The molecule has 2 heteroatoms. The van der Waals surface area contributed by atoms with Gasteiger partial charge in [0.05, 0.1) is 5.56 Å². The van der Waals surface area contributed by atoms with Crippen LogP contribution in [0.2, 0.25) is 0 Å². The van der Waals surface area contributed by atoms with Crippen molar-refractivity contribution in [3.8, 4) is 0 Å². The van der Waals surface area contributed by atoms with Crippen LogP contribution in [0.4, 0.5) is 0 Å². The van der Waals surface area contributed by atoms with Gasteiger partial charge in [-0.3, -0.25) is 0 Å². The van der Waals surface area contributed by atoms with Crippen molar-refractivity contribution >= 4 is 5.97 Å². The fourth-order valence-corrected chi connectivity index (χ4v) is 3.15. The van der Waals surface area contributed by atoms with E-state index in [1.807, 2.05) is 24.3 Å². The van der Waals surface area contributed by atoms with Crippen LogP contribution in [-0.4, -0.2) is 11.6 Å². The van der Waals surface area contributed by atoms with E-state index >= 15 is 0 Å². The lowest BCUT2D eigenvalue weighted by atomic mass is 9.90. The van der Waals surface area contributed by atoms with Gasteiger partial charge in [-0.1, -0.05) is 59.7 Å². The Bertz CT molecular complexity index is 729. The van der Waals surface area contributed by atoms with Gasteiger partial charge >= 0.3 is 5.97 Å². The first-order valence-corrected chi connectivity index (χ1v) is 10.6. The molecule has 0 aromatic heterocycles. The number of esters is 1. The minimum Gasteiger partial charge on any atom is -0.451 e. The van der Waals surface area contributed by atoms with E-state index in [4.69, 9.17) is 4.74 Å². The van der Waals surface area contributed by atoms with Gasteiger partial charge in [-0.05, 0) is 91.4 Å². The highest BCUT2D eigenvalue weighted by atomic mass is 16.6. The lowest BCUT2D eigenvalue weighted by molar-refractivity contribution is -0.00229. The molecule has 0 aliphatic carbocycles. The highest BCUT2D eigenvalue weighted by Gasteiger charge is 2.30. The Balaban J connectivity index is 2.85. The molecule has 0 fully saturated rings. The van der Waals surface area contributed by atoms with E-state index < -0.39 is 5.60 Å². The molecule has 0 radical (unpaired) electrons. The molecule has 158 valence electrons. The Kier molecular flexibility index (Phi) is 11.1. The molecule has 29 heavy (non-hydrogen) atoms. The highest BCUT2D eigenvalue weighted by molar-refractivity contribution is 5.89. The van der Waals surface area contributed by atoms with Gasteiger partial charge in [0.1, 0.15) is 5.60 Å². The van der Waals surface area contributed by atoms with E-state index in [0.717, 1.165) is 38.5 Å². The predicted molar refractivity (Wildman–Crippen MR) is 125 cm³/mol. The zero-order chi connectivity index (χ0) is 21.7. The predicted octanol–water partition coefficient (Wildman–Crippen LogP) is 7.99. The summed E-state index contributed by atoms with van der Waals surface area (Å²) in [6.07, 6.45) is 13.9. The third-order valence-corrected chi connectivity index (χ3v) is 4.95. The van der Waals surface area contributed by atoms with Crippen molar-refractivity contribution in [2.24, 2.45) is 0 Å². The van der Waals surface area contributed by atoms with Gasteiger partial charge in [0.25, 0.3) is 0 Å². The van der Waals surface area contributed by atoms with E-state index in [-0.39, 0.29) is 5.97 Å². The summed E-state index contributed by atoms with van der Waals surface area (Å²) >= 11 is 0. The van der Waals surface area contributed by atoms with Crippen LogP contribution in [0, 0.1) is 0 Å². The molecule has 0 bridgehead atoms. The zero-order valence-corrected chi connectivity index (χ0v) is 19.0. The first kappa shape index (κ1) is 24.7. The second-order valence-corrected chi connectivity index (χ2v) is 8.25. The first-order valence-electron chi connectivity index (χ1n) is 10.6. The molecular formula is C27H38O2. The van der Waals surface area contributed by atoms with Crippen molar-refractivity contribution < 1.29 is 9.53 Å². The SMILES string of the molecule is C=CC(CCC=C(C)C)(CC/C=C(\C)CCC=C(C)C)OC(=O)c1ccccc1. The molecule has 0 heterocycles. The van der Waals surface area contributed by atoms with Crippen LogP contribution in [0.25, 0.3) is 0 Å². The van der Waals surface area contributed by atoms with Crippen LogP contribution >= 0.6 is 0 Å². The molecule has 0 N–H and O–H groups in total. The number of carbonyl (C=O) groups excluding carboxylic acids is 1. The van der Waals surface area contributed by atoms with E-state index in [9.17, 15) is 4.79 Å². The topological polar surface area (TPSA) is 26.3 Å². The number of hydrogen-bond donors (Lipinski definition) is 0. The number of carbonyl (C=O) groups is 1. The van der Waals surface area contributed by atoms with Gasteiger partial charge in [-0.15, -0.1) is 0 Å². The van der Waals surface area contributed by atoms with Gasteiger partial charge < -0.3 is 4.74 Å². The summed E-state index contributed by atoms with van der Waals surface area (Å²) in [6, 6.07) is 9.19. The molecule has 1 aromatic carbocycles. The first-order chi connectivity index (χ1) is 13.8. The molecule has 2 nitrogen and oxygen atoms in total. The van der Waals surface area contributed by atoms with Gasteiger partial charge in [0.15, 0.2) is 0 Å². The lowest BCUT2D eigenvalue weighted by Gasteiger charge is -2.30. The second-order valence-electron chi connectivity index (χ2n) is 8.25. The molecule has 0 aliphatic rings. The monoisotopic (exact) mass is 394 g/mol. The fraction of sp³-hybridized carbons (Fsp3) is 0.444. The lowest BCUT2D eigenvalue weighted by Crippen LogP contribution is -2.33. The standard InChI is InChI=1S/C27H38O2/c1-7-27(20-12-15-23(4)5,29-26(28)25-18-9-8-10-19-25)21-13-17-24(6)16-11-14-22(2)3/h7-10,14-15,17-19H,1,11-13,16,20-21H2,2-6H3/b24-17+. The minimum absolute atomic E-state index is 0.285. The summed E-state index contributed by atoms with van der Waals surface area (Å²) in [5, 5.41) is 0. The number of hydrogen-bond acceptors (Lipinski definition) is 2. The second kappa shape index (κ2) is 13.0. The van der Waals surface area contributed by atoms with Crippen LogP contribution in [0.5, 0.6) is 0 Å². The largest absolute Gasteiger partial charge is 0.451 e. The summed E-state index contributed by atoms with van der Waals surface area (Å²) in [5.74, 6) is -0.285. The molecule has 1 aromatic rings. The Hall–Kier alpha value is -2.35. The average Bonchev–Trinajstić information content (AvgIpc) is 2.67. The number of rotatable bonds is 12. The summed E-state index contributed by atoms with van der Waals surface area (Å²) < 4.78 is 6.02. The molecule has 1 unspecified atom stereocenters. The number of allylic oxidation sites excluding steroid dienone is 6. The van der Waals surface area contributed by atoms with Crippen LogP contribution in [0.1, 0.15) is 83.5 Å². The van der Waals surface area contributed by atoms with Crippen LogP contribution in [-0.2, 0) is 4.74 Å². The average molecular weight is 395 g/mol. The third kappa shape index (κ3) is 10.1. The van der Waals surface area contributed by atoms with E-state index in [2.05, 4.69) is 59.4 Å². The Morgan fingerprint density at radius 1 is 0.897 bits per heavy atom. The molecule has 1 rings (SSSR count). The van der Waals surface area contributed by atoms with E-state index in [0.29, 0.717) is 5.56 Å². The summed E-state index contributed by atoms with van der Waals surface area (Å²) in [7, 11) is 0. The molecule has 1 atom stereocenters. The summed E-state index contributed by atoms with van der Waals surface area (Å²) in [6.45, 7) is 14.6. The maximum Gasteiger partial charge on any atom is 0.338 e. The van der Waals surface area contributed by atoms with Crippen molar-refractivity contribution in [3.05, 3.63) is 83.5 Å². The molecule has 0 aliphatic heterocycles. The highest BCUT2D eigenvalue weighted by Crippen LogP contribution is 2.28. The molecule has 0 saturated heterocycles. The van der Waals surface area contributed by atoms with Gasteiger partial charge in [0.2, 0.25) is 0 Å². The number of benzene rings is 1. The Labute approximate surface area is 178 Å². The van der Waals surface area contributed by atoms with Gasteiger partial charge in [-0.2, -0.15) is 0 Å². The van der Waals surface area contributed by atoms with Crippen LogP contribution < -0.4 is 0 Å². The van der Waals surface area contributed by atoms with E-state index in [1.165, 1.54) is 16.7 Å². The van der Waals surface area contributed by atoms with Crippen molar-refractivity contribution in [1.82, 2.24) is 0 Å². The zero-order valence-electron chi connectivity index (χ0n) is 19.0. The van der Waals surface area contributed by atoms with E-state index in [1.54, 1.807) is 12.1 Å². The Morgan fingerprint density at radius 2 is 1.45 bits per heavy atom.